The first-order chi connectivity index (χ1) is 3.41. The summed E-state index contributed by atoms with van der Waals surface area (Å²) in [5.74, 6) is 0. The van der Waals surface area contributed by atoms with Crippen molar-refractivity contribution >= 4 is 0 Å². The quantitative estimate of drug-likeness (QED) is 0.241. The van der Waals surface area contributed by atoms with Crippen LogP contribution in [0.4, 0.5) is 0 Å². The minimum atomic E-state index is -0.0972. The van der Waals surface area contributed by atoms with Gasteiger partial charge in [-0.1, -0.05) is 6.61 Å². The molecule has 0 saturated heterocycles. The van der Waals surface area contributed by atoms with Crippen molar-refractivity contribution in [2.75, 3.05) is 19.8 Å². The fourth-order valence-electron chi connectivity index (χ4n) is 0.189. The number of aliphatic hydroxyl groups is 2. The average molecular weight is 144 g/mol. The van der Waals surface area contributed by atoms with Gasteiger partial charge in [0, 0.05) is 6.61 Å². The molecule has 0 aliphatic heterocycles. The van der Waals surface area contributed by atoms with Crippen molar-refractivity contribution in [2.45, 2.75) is 0 Å². The molecular weight excluding hydrogens is 135 g/mol. The first-order valence-electron chi connectivity index (χ1n) is 2.07. The standard InChI is InChI=1S/C4H9O3.K/c5-1-3-7-4-2-6;/h3,5-6H,1-2,4H2;/q-1;+1. The Morgan fingerprint density at radius 3 is 2.38 bits per heavy atom. The van der Waals surface area contributed by atoms with Crippen molar-refractivity contribution in [1.29, 1.82) is 0 Å². The van der Waals surface area contributed by atoms with Crippen LogP contribution in [-0.2, 0) is 4.74 Å². The Balaban J connectivity index is 0. The third-order valence-electron chi connectivity index (χ3n) is 0.402. The summed E-state index contributed by atoms with van der Waals surface area (Å²) in [4.78, 5) is 0. The Bertz CT molecular complexity index is 30.5. The Kier molecular flexibility index (Phi) is 17.3. The summed E-state index contributed by atoms with van der Waals surface area (Å²) in [5.41, 5.74) is 0. The van der Waals surface area contributed by atoms with Crippen molar-refractivity contribution in [1.82, 2.24) is 0 Å². The normalized spacial score (nSPS) is 8.25. The topological polar surface area (TPSA) is 49.7 Å². The van der Waals surface area contributed by atoms with Crippen molar-refractivity contribution < 1.29 is 66.3 Å². The zero-order chi connectivity index (χ0) is 5.54. The van der Waals surface area contributed by atoms with Crippen molar-refractivity contribution in [3.05, 3.63) is 6.61 Å². The predicted octanol–water partition coefficient (Wildman–Crippen LogP) is -3.85. The Labute approximate surface area is 91.5 Å². The van der Waals surface area contributed by atoms with Crippen LogP contribution in [0.2, 0.25) is 0 Å². The van der Waals surface area contributed by atoms with Crippen molar-refractivity contribution in [3.8, 4) is 0 Å². The third kappa shape index (κ3) is 10.5. The molecule has 0 amide bonds. The molecular formula is C4H9KO3. The molecule has 44 valence electrons. The van der Waals surface area contributed by atoms with Gasteiger partial charge >= 0.3 is 51.4 Å². The first-order valence-corrected chi connectivity index (χ1v) is 2.07. The van der Waals surface area contributed by atoms with Crippen LogP contribution in [0.25, 0.3) is 0 Å². The van der Waals surface area contributed by atoms with Gasteiger partial charge in [-0.15, -0.1) is 0 Å². The molecule has 3 nitrogen and oxygen atoms in total. The third-order valence-corrected chi connectivity index (χ3v) is 0.402. The van der Waals surface area contributed by atoms with E-state index in [1.54, 1.807) is 0 Å². The van der Waals surface area contributed by atoms with E-state index in [1.165, 1.54) is 6.61 Å². The van der Waals surface area contributed by atoms with Crippen LogP contribution in [0.1, 0.15) is 0 Å². The molecule has 0 heterocycles. The van der Waals surface area contributed by atoms with Gasteiger partial charge in [0.05, 0.1) is 6.61 Å². The molecule has 0 atom stereocenters. The van der Waals surface area contributed by atoms with Crippen LogP contribution in [0.3, 0.4) is 0 Å². The summed E-state index contributed by atoms with van der Waals surface area (Å²) in [5, 5.41) is 16.1. The van der Waals surface area contributed by atoms with Gasteiger partial charge in [-0.05, 0) is 0 Å². The van der Waals surface area contributed by atoms with E-state index in [0.717, 1.165) is 0 Å². The monoisotopic (exact) mass is 144 g/mol. The second-order valence-corrected chi connectivity index (χ2v) is 0.944. The number of aliphatic hydroxyl groups excluding tert-OH is 2. The van der Waals surface area contributed by atoms with Crippen LogP contribution in [0.5, 0.6) is 0 Å². The van der Waals surface area contributed by atoms with Crippen molar-refractivity contribution in [2.24, 2.45) is 0 Å². The first kappa shape index (κ1) is 12.2. The summed E-state index contributed by atoms with van der Waals surface area (Å²) in [7, 11) is 0. The molecule has 0 unspecified atom stereocenters. The van der Waals surface area contributed by atoms with E-state index in [2.05, 4.69) is 4.74 Å². The molecule has 0 aromatic carbocycles. The molecule has 0 aromatic rings. The summed E-state index contributed by atoms with van der Waals surface area (Å²) in [6, 6.07) is 0. The molecule has 4 heteroatoms. The molecule has 0 fully saturated rings. The molecule has 0 aliphatic carbocycles. The van der Waals surface area contributed by atoms with Crippen LogP contribution in [0.15, 0.2) is 0 Å². The minimum Gasteiger partial charge on any atom is -0.548 e. The Morgan fingerprint density at radius 1 is 1.38 bits per heavy atom. The van der Waals surface area contributed by atoms with Gasteiger partial charge in [0.1, 0.15) is 0 Å². The fraction of sp³-hybridized carbons (Fsp3) is 0.750. The summed E-state index contributed by atoms with van der Waals surface area (Å²) >= 11 is 0. The van der Waals surface area contributed by atoms with Crippen LogP contribution >= 0.6 is 0 Å². The van der Waals surface area contributed by atoms with Gasteiger partial charge in [-0.2, -0.15) is 6.61 Å². The van der Waals surface area contributed by atoms with Gasteiger partial charge in [0.2, 0.25) is 0 Å². The van der Waals surface area contributed by atoms with Gasteiger partial charge in [0.15, 0.2) is 0 Å². The predicted molar refractivity (Wildman–Crippen MR) is 24.4 cm³/mol. The fourth-order valence-corrected chi connectivity index (χ4v) is 0.189. The molecule has 0 aliphatic rings. The molecule has 0 saturated carbocycles. The van der Waals surface area contributed by atoms with Gasteiger partial charge < -0.3 is 14.9 Å². The van der Waals surface area contributed by atoms with E-state index >= 15 is 0 Å². The second kappa shape index (κ2) is 11.3. The van der Waals surface area contributed by atoms with Crippen LogP contribution in [-0.4, -0.2) is 30.0 Å². The second-order valence-electron chi connectivity index (χ2n) is 0.944. The van der Waals surface area contributed by atoms with E-state index in [-0.39, 0.29) is 71.2 Å². The van der Waals surface area contributed by atoms with E-state index in [0.29, 0.717) is 0 Å². The molecule has 0 radical (unpaired) electrons. The summed E-state index contributed by atoms with van der Waals surface area (Å²) in [6.07, 6.45) is 0. The zero-order valence-corrected chi connectivity index (χ0v) is 8.12. The molecule has 0 rings (SSSR count). The summed E-state index contributed by atoms with van der Waals surface area (Å²) in [6.45, 7) is 1.40. The van der Waals surface area contributed by atoms with E-state index in [1.807, 2.05) is 0 Å². The number of ether oxygens (including phenoxy) is 1. The average Bonchev–Trinajstić information content (AvgIpc) is 1.69. The van der Waals surface area contributed by atoms with Gasteiger partial charge in [-0.25, -0.2) is 0 Å². The van der Waals surface area contributed by atoms with Crippen molar-refractivity contribution in [3.63, 3.8) is 0 Å². The van der Waals surface area contributed by atoms with Crippen LogP contribution < -0.4 is 51.4 Å². The van der Waals surface area contributed by atoms with E-state index < -0.39 is 0 Å². The zero-order valence-electron chi connectivity index (χ0n) is 5.00. The van der Waals surface area contributed by atoms with Gasteiger partial charge in [-0.3, -0.25) is 0 Å². The number of rotatable bonds is 4. The maximum absolute atomic E-state index is 8.07. The minimum absolute atomic E-state index is 0. The smallest absolute Gasteiger partial charge is 0.548 e. The molecule has 0 bridgehead atoms. The van der Waals surface area contributed by atoms with Gasteiger partial charge in [0.25, 0.3) is 0 Å². The number of hydrogen-bond acceptors (Lipinski definition) is 3. The maximum atomic E-state index is 8.07. The molecule has 0 aromatic heterocycles. The molecule has 8 heavy (non-hydrogen) atoms. The van der Waals surface area contributed by atoms with E-state index in [9.17, 15) is 0 Å². The molecule has 2 N–H and O–H groups in total. The number of hydrogen-bond donors (Lipinski definition) is 2. The maximum Gasteiger partial charge on any atom is 1.00 e. The van der Waals surface area contributed by atoms with E-state index in [4.69, 9.17) is 10.2 Å². The Morgan fingerprint density at radius 2 is 2.00 bits per heavy atom. The largest absolute Gasteiger partial charge is 1.00 e. The Hall–Kier alpha value is 1.52. The van der Waals surface area contributed by atoms with Crippen LogP contribution in [0, 0.1) is 6.61 Å². The summed E-state index contributed by atoms with van der Waals surface area (Å²) < 4.78 is 4.51. The SMILES string of the molecule is OC[CH-]OCCO.[K+]. The molecule has 0 spiro atoms.